The van der Waals surface area contributed by atoms with E-state index < -0.39 is 0 Å². The van der Waals surface area contributed by atoms with E-state index in [9.17, 15) is 4.79 Å². The highest BCUT2D eigenvalue weighted by atomic mass is 16.5. The summed E-state index contributed by atoms with van der Waals surface area (Å²) in [5.41, 5.74) is 2.33. The van der Waals surface area contributed by atoms with Crippen LogP contribution in [0.1, 0.15) is 5.56 Å². The average Bonchev–Trinajstić information content (AvgIpc) is 2.72. The zero-order valence-corrected chi connectivity index (χ0v) is 15.0. The number of nitrogens with zero attached hydrogens (tertiary/aromatic N) is 1. The summed E-state index contributed by atoms with van der Waals surface area (Å²) in [5, 5.41) is 2.79. The van der Waals surface area contributed by atoms with E-state index in [1.54, 1.807) is 13.3 Å². The summed E-state index contributed by atoms with van der Waals surface area (Å²) in [6, 6.07) is 24.2. The molecule has 1 N–H and O–H groups in total. The molecule has 1 amide bonds. The quantitative estimate of drug-likeness (QED) is 0.633. The summed E-state index contributed by atoms with van der Waals surface area (Å²) in [5.74, 6) is 1.16. The van der Waals surface area contributed by atoms with Crippen molar-refractivity contribution >= 4 is 23.5 Å². The van der Waals surface area contributed by atoms with Crippen molar-refractivity contribution in [1.82, 2.24) is 0 Å². The van der Waals surface area contributed by atoms with Crippen LogP contribution in [0, 0.1) is 0 Å². The van der Waals surface area contributed by atoms with Gasteiger partial charge in [0.25, 0.3) is 5.91 Å². The largest absolute Gasteiger partial charge is 0.497 e. The van der Waals surface area contributed by atoms with E-state index in [1.807, 2.05) is 78.9 Å². The van der Waals surface area contributed by atoms with Gasteiger partial charge in [0.2, 0.25) is 0 Å². The molecule has 3 aromatic rings. The molecule has 0 bridgehead atoms. The number of nitrogens with one attached hydrogen (secondary N) is 1. The Morgan fingerprint density at radius 3 is 2.41 bits per heavy atom. The van der Waals surface area contributed by atoms with Gasteiger partial charge in [-0.3, -0.25) is 9.79 Å². The minimum absolute atomic E-state index is 0.0811. The van der Waals surface area contributed by atoms with Crippen LogP contribution in [0.4, 0.5) is 11.4 Å². The summed E-state index contributed by atoms with van der Waals surface area (Å²) < 4.78 is 10.8. The van der Waals surface area contributed by atoms with Gasteiger partial charge >= 0.3 is 0 Å². The molecule has 0 heterocycles. The molecule has 0 aliphatic heterocycles. The third-order valence-corrected chi connectivity index (χ3v) is 3.76. The monoisotopic (exact) mass is 360 g/mol. The minimum atomic E-state index is -0.219. The maximum Gasteiger partial charge on any atom is 0.262 e. The minimum Gasteiger partial charge on any atom is -0.497 e. The molecule has 0 fully saturated rings. The van der Waals surface area contributed by atoms with Gasteiger partial charge in [-0.15, -0.1) is 0 Å². The van der Waals surface area contributed by atoms with Gasteiger partial charge < -0.3 is 14.8 Å². The maximum absolute atomic E-state index is 12.1. The molecule has 27 heavy (non-hydrogen) atoms. The fraction of sp³-hybridized carbons (Fsp3) is 0.0909. The summed E-state index contributed by atoms with van der Waals surface area (Å²) >= 11 is 0. The Hall–Kier alpha value is -3.60. The van der Waals surface area contributed by atoms with E-state index in [1.165, 1.54) is 0 Å². The molecule has 136 valence electrons. The predicted octanol–water partition coefficient (Wildman–Crippen LogP) is 4.46. The molecule has 0 aromatic heterocycles. The fourth-order valence-electron chi connectivity index (χ4n) is 2.39. The zero-order valence-electron chi connectivity index (χ0n) is 15.0. The second-order valence-electron chi connectivity index (χ2n) is 5.70. The van der Waals surface area contributed by atoms with Crippen LogP contribution in [-0.2, 0) is 4.79 Å². The molecule has 5 nitrogen and oxygen atoms in total. The summed E-state index contributed by atoms with van der Waals surface area (Å²) in [6.45, 7) is -0.0811. The van der Waals surface area contributed by atoms with Gasteiger partial charge in [0.05, 0.1) is 12.8 Å². The number of hydrogen-bond acceptors (Lipinski definition) is 4. The van der Waals surface area contributed by atoms with Crippen molar-refractivity contribution in [1.29, 1.82) is 0 Å². The molecule has 3 aromatic carbocycles. The van der Waals surface area contributed by atoms with Crippen molar-refractivity contribution in [2.24, 2.45) is 4.99 Å². The van der Waals surface area contributed by atoms with Crippen LogP contribution in [0.2, 0.25) is 0 Å². The zero-order chi connectivity index (χ0) is 18.9. The van der Waals surface area contributed by atoms with E-state index in [0.717, 1.165) is 22.7 Å². The number of amides is 1. The summed E-state index contributed by atoms with van der Waals surface area (Å²) in [4.78, 5) is 16.5. The molecule has 0 saturated carbocycles. The maximum atomic E-state index is 12.1. The normalized spacial score (nSPS) is 10.6. The van der Waals surface area contributed by atoms with Crippen molar-refractivity contribution in [3.63, 3.8) is 0 Å². The predicted molar refractivity (Wildman–Crippen MR) is 107 cm³/mol. The van der Waals surface area contributed by atoms with Gasteiger partial charge in [0.15, 0.2) is 6.61 Å². The number of methoxy groups -OCH3 is 1. The number of carbonyl (C=O) groups is 1. The molecule has 0 aliphatic rings. The molecule has 0 radical (unpaired) electrons. The van der Waals surface area contributed by atoms with Gasteiger partial charge in [-0.1, -0.05) is 30.3 Å². The molecule has 0 unspecified atom stereocenters. The van der Waals surface area contributed by atoms with Crippen LogP contribution in [0.5, 0.6) is 11.5 Å². The molecule has 0 saturated heterocycles. The SMILES string of the molecule is COc1ccc(N=Cc2ccccc2OCC(=O)Nc2ccccc2)cc1. The summed E-state index contributed by atoms with van der Waals surface area (Å²) in [7, 11) is 1.62. The first-order chi connectivity index (χ1) is 13.2. The highest BCUT2D eigenvalue weighted by molar-refractivity contribution is 5.92. The summed E-state index contributed by atoms with van der Waals surface area (Å²) in [6.07, 6.45) is 1.71. The van der Waals surface area contributed by atoms with Gasteiger partial charge in [-0.2, -0.15) is 0 Å². The first-order valence-electron chi connectivity index (χ1n) is 8.49. The smallest absolute Gasteiger partial charge is 0.262 e. The van der Waals surface area contributed by atoms with E-state index in [4.69, 9.17) is 9.47 Å². The van der Waals surface area contributed by atoms with Crippen molar-refractivity contribution in [2.75, 3.05) is 19.0 Å². The van der Waals surface area contributed by atoms with E-state index in [0.29, 0.717) is 5.75 Å². The number of hydrogen-bond donors (Lipinski definition) is 1. The molecular formula is C22H20N2O3. The number of anilines is 1. The lowest BCUT2D eigenvalue weighted by atomic mass is 10.2. The third kappa shape index (κ3) is 5.44. The lowest BCUT2D eigenvalue weighted by molar-refractivity contribution is -0.118. The van der Waals surface area contributed by atoms with E-state index in [2.05, 4.69) is 10.3 Å². The number of para-hydroxylation sites is 2. The Morgan fingerprint density at radius 1 is 0.963 bits per heavy atom. The van der Waals surface area contributed by atoms with Gasteiger partial charge in [0, 0.05) is 17.5 Å². The van der Waals surface area contributed by atoms with E-state index in [-0.39, 0.29) is 12.5 Å². The topological polar surface area (TPSA) is 59.9 Å². The van der Waals surface area contributed by atoms with Gasteiger partial charge in [-0.05, 0) is 48.5 Å². The highest BCUT2D eigenvalue weighted by Crippen LogP contribution is 2.20. The molecule has 0 atom stereocenters. The number of carbonyl (C=O) groups excluding carboxylic acids is 1. The second-order valence-corrected chi connectivity index (χ2v) is 5.70. The van der Waals surface area contributed by atoms with Crippen LogP contribution in [-0.4, -0.2) is 25.8 Å². The number of benzene rings is 3. The van der Waals surface area contributed by atoms with Crippen LogP contribution < -0.4 is 14.8 Å². The first-order valence-corrected chi connectivity index (χ1v) is 8.49. The third-order valence-electron chi connectivity index (χ3n) is 3.76. The number of aliphatic imine (C=N–C) groups is 1. The van der Waals surface area contributed by atoms with Gasteiger partial charge in [-0.25, -0.2) is 0 Å². The Bertz CT molecular complexity index is 906. The Labute approximate surface area is 158 Å². The molecule has 0 spiro atoms. The average molecular weight is 360 g/mol. The van der Waals surface area contributed by atoms with Gasteiger partial charge in [0.1, 0.15) is 11.5 Å². The number of rotatable bonds is 7. The van der Waals surface area contributed by atoms with Crippen LogP contribution in [0.3, 0.4) is 0 Å². The Balaban J connectivity index is 1.63. The van der Waals surface area contributed by atoms with Crippen molar-refractivity contribution in [3.8, 4) is 11.5 Å². The molecule has 0 aliphatic carbocycles. The number of ether oxygens (including phenoxy) is 2. The van der Waals surface area contributed by atoms with Crippen molar-refractivity contribution in [3.05, 3.63) is 84.4 Å². The lowest BCUT2D eigenvalue weighted by Crippen LogP contribution is -2.20. The highest BCUT2D eigenvalue weighted by Gasteiger charge is 2.06. The fourth-order valence-corrected chi connectivity index (χ4v) is 2.39. The molecule has 3 rings (SSSR count). The Kier molecular flexibility index (Phi) is 6.20. The van der Waals surface area contributed by atoms with Crippen LogP contribution >= 0.6 is 0 Å². The standard InChI is InChI=1S/C22H20N2O3/c1-26-20-13-11-18(12-14-20)23-15-17-7-5-6-10-21(17)27-16-22(25)24-19-8-3-2-4-9-19/h2-15H,16H2,1H3,(H,24,25). The van der Waals surface area contributed by atoms with Crippen molar-refractivity contribution < 1.29 is 14.3 Å². The van der Waals surface area contributed by atoms with Crippen LogP contribution in [0.15, 0.2) is 83.9 Å². The van der Waals surface area contributed by atoms with Crippen LogP contribution in [0.25, 0.3) is 0 Å². The van der Waals surface area contributed by atoms with E-state index >= 15 is 0 Å². The van der Waals surface area contributed by atoms with Crippen molar-refractivity contribution in [2.45, 2.75) is 0 Å². The Morgan fingerprint density at radius 2 is 1.67 bits per heavy atom. The molecular weight excluding hydrogens is 340 g/mol. The molecule has 5 heteroatoms. The first kappa shape index (κ1) is 18.2. The lowest BCUT2D eigenvalue weighted by Gasteiger charge is -2.09. The second kappa shape index (κ2) is 9.20.